The average molecular weight is 334 g/mol. The molecule has 0 atom stereocenters. The van der Waals surface area contributed by atoms with Crippen molar-refractivity contribution in [2.75, 3.05) is 0 Å². The first kappa shape index (κ1) is 17.0. The summed E-state index contributed by atoms with van der Waals surface area (Å²) in [6, 6.07) is 11.4. The standard InChI is InChI=1S/C17H16ClNO4/c1-17(2,3)23-16(20)14-8-7-12(10-15(14)19(21)22)11-5-4-6-13(18)9-11/h4-10H,1-3H3. The molecule has 0 fully saturated rings. The van der Waals surface area contributed by atoms with Crippen LogP contribution in [0.2, 0.25) is 5.02 Å². The summed E-state index contributed by atoms with van der Waals surface area (Å²) in [7, 11) is 0. The van der Waals surface area contributed by atoms with Gasteiger partial charge in [-0.25, -0.2) is 4.79 Å². The molecule has 0 radical (unpaired) electrons. The first-order valence-electron chi connectivity index (χ1n) is 6.95. The van der Waals surface area contributed by atoms with E-state index in [-0.39, 0.29) is 11.3 Å². The molecule has 0 aliphatic rings. The van der Waals surface area contributed by atoms with Gasteiger partial charge in [0.2, 0.25) is 0 Å². The van der Waals surface area contributed by atoms with Crippen LogP contribution < -0.4 is 0 Å². The predicted molar refractivity (Wildman–Crippen MR) is 88.7 cm³/mol. The number of rotatable bonds is 3. The Kier molecular flexibility index (Phi) is 4.71. The number of ether oxygens (including phenoxy) is 1. The Morgan fingerprint density at radius 3 is 2.35 bits per heavy atom. The third kappa shape index (κ3) is 4.29. The highest BCUT2D eigenvalue weighted by Crippen LogP contribution is 2.29. The molecule has 6 heteroatoms. The van der Waals surface area contributed by atoms with Crippen LogP contribution in [0.15, 0.2) is 42.5 Å². The highest BCUT2D eigenvalue weighted by atomic mass is 35.5. The van der Waals surface area contributed by atoms with Crippen LogP contribution in [0.5, 0.6) is 0 Å². The Balaban J connectivity index is 2.47. The largest absolute Gasteiger partial charge is 0.456 e. The maximum absolute atomic E-state index is 12.1. The molecule has 0 aliphatic heterocycles. The third-order valence-electron chi connectivity index (χ3n) is 2.97. The maximum Gasteiger partial charge on any atom is 0.345 e. The van der Waals surface area contributed by atoms with Crippen LogP contribution in [0.25, 0.3) is 11.1 Å². The van der Waals surface area contributed by atoms with Crippen molar-refractivity contribution in [1.29, 1.82) is 0 Å². The predicted octanol–water partition coefficient (Wildman–Crippen LogP) is 4.87. The van der Waals surface area contributed by atoms with Crippen molar-refractivity contribution in [3.63, 3.8) is 0 Å². The fourth-order valence-corrected chi connectivity index (χ4v) is 2.23. The van der Waals surface area contributed by atoms with Gasteiger partial charge in [0.25, 0.3) is 5.69 Å². The molecule has 0 saturated heterocycles. The first-order chi connectivity index (χ1) is 10.7. The van der Waals surface area contributed by atoms with E-state index in [0.717, 1.165) is 5.56 Å². The molecule has 0 bridgehead atoms. The molecule has 0 heterocycles. The zero-order valence-electron chi connectivity index (χ0n) is 13.0. The van der Waals surface area contributed by atoms with E-state index in [0.29, 0.717) is 10.6 Å². The number of carbonyl (C=O) groups is 1. The zero-order chi connectivity index (χ0) is 17.2. The van der Waals surface area contributed by atoms with E-state index >= 15 is 0 Å². The van der Waals surface area contributed by atoms with Gasteiger partial charge in [0.15, 0.2) is 0 Å². The fourth-order valence-electron chi connectivity index (χ4n) is 2.04. The van der Waals surface area contributed by atoms with Crippen molar-refractivity contribution in [2.45, 2.75) is 26.4 Å². The molecule has 2 aromatic rings. The van der Waals surface area contributed by atoms with Crippen LogP contribution in [-0.4, -0.2) is 16.5 Å². The lowest BCUT2D eigenvalue weighted by molar-refractivity contribution is -0.385. The molecule has 2 aromatic carbocycles. The van der Waals surface area contributed by atoms with Crippen LogP contribution >= 0.6 is 11.6 Å². The van der Waals surface area contributed by atoms with Crippen LogP contribution in [0.4, 0.5) is 5.69 Å². The van der Waals surface area contributed by atoms with E-state index in [1.54, 1.807) is 51.1 Å². The Morgan fingerprint density at radius 2 is 1.78 bits per heavy atom. The summed E-state index contributed by atoms with van der Waals surface area (Å²) in [5, 5.41) is 11.8. The number of benzene rings is 2. The lowest BCUT2D eigenvalue weighted by Gasteiger charge is -2.19. The zero-order valence-corrected chi connectivity index (χ0v) is 13.8. The maximum atomic E-state index is 12.1. The second-order valence-corrected chi connectivity index (χ2v) is 6.44. The summed E-state index contributed by atoms with van der Waals surface area (Å²) in [5.41, 5.74) is 0.242. The van der Waals surface area contributed by atoms with Crippen molar-refractivity contribution in [3.05, 3.63) is 63.2 Å². The quantitative estimate of drug-likeness (QED) is 0.456. The molecule has 23 heavy (non-hydrogen) atoms. The van der Waals surface area contributed by atoms with Crippen LogP contribution in [0.1, 0.15) is 31.1 Å². The highest BCUT2D eigenvalue weighted by Gasteiger charge is 2.26. The molecule has 0 amide bonds. The second-order valence-electron chi connectivity index (χ2n) is 6.00. The van der Waals surface area contributed by atoms with E-state index in [1.165, 1.54) is 12.1 Å². The minimum Gasteiger partial charge on any atom is -0.456 e. The normalized spacial score (nSPS) is 11.1. The van der Waals surface area contributed by atoms with Gasteiger partial charge in [-0.15, -0.1) is 0 Å². The van der Waals surface area contributed by atoms with Crippen LogP contribution in [0, 0.1) is 10.1 Å². The van der Waals surface area contributed by atoms with Gasteiger partial charge in [0, 0.05) is 11.1 Å². The van der Waals surface area contributed by atoms with Gasteiger partial charge in [-0.3, -0.25) is 10.1 Å². The minimum atomic E-state index is -0.726. The Labute approximate surface area is 139 Å². The fraction of sp³-hybridized carbons (Fsp3) is 0.235. The van der Waals surface area contributed by atoms with Gasteiger partial charge < -0.3 is 4.74 Å². The number of esters is 1. The summed E-state index contributed by atoms with van der Waals surface area (Å²) in [6.45, 7) is 5.12. The van der Waals surface area contributed by atoms with Crippen molar-refractivity contribution in [2.24, 2.45) is 0 Å². The summed E-state index contributed by atoms with van der Waals surface area (Å²) >= 11 is 5.94. The number of nitrogens with zero attached hydrogens (tertiary/aromatic N) is 1. The Morgan fingerprint density at radius 1 is 1.13 bits per heavy atom. The lowest BCUT2D eigenvalue weighted by Crippen LogP contribution is -2.24. The number of halogens is 1. The van der Waals surface area contributed by atoms with E-state index in [9.17, 15) is 14.9 Å². The van der Waals surface area contributed by atoms with Gasteiger partial charge >= 0.3 is 5.97 Å². The molecular formula is C17H16ClNO4. The van der Waals surface area contributed by atoms with Gasteiger partial charge in [-0.2, -0.15) is 0 Å². The molecular weight excluding hydrogens is 318 g/mol. The van der Waals surface area contributed by atoms with E-state index in [4.69, 9.17) is 16.3 Å². The molecule has 0 saturated carbocycles. The van der Waals surface area contributed by atoms with Crippen molar-refractivity contribution in [1.82, 2.24) is 0 Å². The summed E-state index contributed by atoms with van der Waals surface area (Å²) in [4.78, 5) is 22.9. The smallest absolute Gasteiger partial charge is 0.345 e. The molecule has 120 valence electrons. The molecule has 0 unspecified atom stereocenters. The van der Waals surface area contributed by atoms with Gasteiger partial charge in [-0.05, 0) is 50.1 Å². The lowest BCUT2D eigenvalue weighted by atomic mass is 10.0. The van der Waals surface area contributed by atoms with Gasteiger partial charge in [0.1, 0.15) is 11.2 Å². The molecule has 0 aromatic heterocycles. The van der Waals surface area contributed by atoms with Gasteiger partial charge in [-0.1, -0.05) is 29.8 Å². The topological polar surface area (TPSA) is 69.4 Å². The van der Waals surface area contributed by atoms with Crippen LogP contribution in [0.3, 0.4) is 0 Å². The van der Waals surface area contributed by atoms with E-state index in [1.807, 2.05) is 0 Å². The van der Waals surface area contributed by atoms with Gasteiger partial charge in [0.05, 0.1) is 4.92 Å². The molecule has 2 rings (SSSR count). The Hall–Kier alpha value is -2.40. The molecule has 5 nitrogen and oxygen atoms in total. The van der Waals surface area contributed by atoms with Crippen LogP contribution in [-0.2, 0) is 4.74 Å². The second kappa shape index (κ2) is 6.38. The van der Waals surface area contributed by atoms with E-state index < -0.39 is 16.5 Å². The molecule has 0 aliphatic carbocycles. The minimum absolute atomic E-state index is 0.0734. The van der Waals surface area contributed by atoms with Crippen molar-refractivity contribution >= 4 is 23.3 Å². The molecule has 0 spiro atoms. The van der Waals surface area contributed by atoms with E-state index in [2.05, 4.69) is 0 Å². The number of carbonyl (C=O) groups excluding carboxylic acids is 1. The summed E-state index contributed by atoms with van der Waals surface area (Å²) in [6.07, 6.45) is 0. The summed E-state index contributed by atoms with van der Waals surface area (Å²) < 4.78 is 5.21. The number of nitro benzene ring substituents is 1. The number of hydrogen-bond donors (Lipinski definition) is 0. The Bertz CT molecular complexity index is 765. The first-order valence-corrected chi connectivity index (χ1v) is 7.33. The highest BCUT2D eigenvalue weighted by molar-refractivity contribution is 6.30. The number of nitro groups is 1. The third-order valence-corrected chi connectivity index (χ3v) is 3.21. The SMILES string of the molecule is CC(C)(C)OC(=O)c1ccc(-c2cccc(Cl)c2)cc1[N+](=O)[O-]. The average Bonchev–Trinajstić information content (AvgIpc) is 2.44. The summed E-state index contributed by atoms with van der Waals surface area (Å²) in [5.74, 6) is -0.721. The molecule has 0 N–H and O–H groups in total. The van der Waals surface area contributed by atoms with Crippen molar-refractivity contribution in [3.8, 4) is 11.1 Å². The monoisotopic (exact) mass is 333 g/mol. The van der Waals surface area contributed by atoms with Crippen molar-refractivity contribution < 1.29 is 14.5 Å². The number of hydrogen-bond acceptors (Lipinski definition) is 4.